The number of rotatable bonds is 4. The van der Waals surface area contributed by atoms with E-state index >= 15 is 0 Å². The van der Waals surface area contributed by atoms with Crippen molar-refractivity contribution in [3.05, 3.63) is 0 Å². The van der Waals surface area contributed by atoms with Gasteiger partial charge in [0, 0.05) is 12.0 Å². The summed E-state index contributed by atoms with van der Waals surface area (Å²) in [5, 5.41) is 19.6. The number of aliphatic carboxylic acids is 2. The number of carboxylic acid groups (broad SMARTS) is 2. The van der Waals surface area contributed by atoms with E-state index in [0.29, 0.717) is 0 Å². The minimum absolute atomic E-state index is 0. The van der Waals surface area contributed by atoms with E-state index in [1.165, 1.54) is 0 Å². The first kappa shape index (κ1) is 23.3. The molecule has 0 radical (unpaired) electrons. The molecule has 0 fully saturated rings. The third-order valence-corrected chi connectivity index (χ3v) is 0.962. The fourth-order valence-electron chi connectivity index (χ4n) is 0.391. The van der Waals surface area contributed by atoms with Crippen molar-refractivity contribution in [1.29, 1.82) is 0 Å². The van der Waals surface area contributed by atoms with Crippen LogP contribution in [0.1, 0.15) is 12.8 Å². The van der Waals surface area contributed by atoms with Gasteiger partial charge in [-0.05, 0) is 12.8 Å². The molecule has 0 unspecified atom stereocenters. The Morgan fingerprint density at radius 3 is 1.85 bits per heavy atom. The molecule has 0 spiro atoms. The largest absolute Gasteiger partial charge is 2.00 e. The average Bonchev–Trinajstić information content (AvgIpc) is 1.82. The summed E-state index contributed by atoms with van der Waals surface area (Å²) in [6, 6.07) is -1.21. The van der Waals surface area contributed by atoms with Crippen molar-refractivity contribution < 1.29 is 30.8 Å². The van der Waals surface area contributed by atoms with E-state index in [2.05, 4.69) is 0 Å². The minimum Gasteiger partial charge on any atom is -0.550 e. The number of carbonyl (C=O) groups is 2. The molecular formula is C5H11NO6Sr. The molecule has 7 nitrogen and oxygen atoms in total. The second kappa shape index (κ2) is 12.3. The summed E-state index contributed by atoms with van der Waals surface area (Å²) in [5.74, 6) is -2.75. The maximum atomic E-state index is 9.86. The molecule has 0 aromatic rings. The van der Waals surface area contributed by atoms with E-state index in [0.717, 1.165) is 0 Å². The van der Waals surface area contributed by atoms with Gasteiger partial charge in [-0.25, -0.2) is 0 Å². The second-order valence-corrected chi connectivity index (χ2v) is 1.84. The molecule has 0 amide bonds. The molecule has 1 atom stereocenters. The quantitative estimate of drug-likeness (QED) is 0.501. The molecule has 8 heteroatoms. The Morgan fingerprint density at radius 2 is 1.62 bits per heavy atom. The zero-order valence-electron chi connectivity index (χ0n) is 6.91. The molecular weight excluding hydrogens is 258 g/mol. The molecule has 0 saturated heterocycles. The fourth-order valence-corrected chi connectivity index (χ4v) is 0.391. The van der Waals surface area contributed by atoms with E-state index in [1.54, 1.807) is 0 Å². The molecule has 0 rings (SSSR count). The van der Waals surface area contributed by atoms with E-state index in [9.17, 15) is 19.8 Å². The number of carboxylic acids is 2. The molecule has 0 aromatic heterocycles. The molecule has 0 saturated carbocycles. The Bertz CT molecular complexity index is 152. The zero-order valence-corrected chi connectivity index (χ0v) is 10.4. The number of carbonyl (C=O) groups excluding carboxylic acids is 2. The van der Waals surface area contributed by atoms with Crippen molar-refractivity contribution in [1.82, 2.24) is 0 Å². The zero-order chi connectivity index (χ0) is 8.15. The second-order valence-electron chi connectivity index (χ2n) is 1.84. The summed E-state index contributed by atoms with van der Waals surface area (Å²) in [7, 11) is 0. The summed E-state index contributed by atoms with van der Waals surface area (Å²) in [4.78, 5) is 19.6. The van der Waals surface area contributed by atoms with Gasteiger partial charge in [-0.3, -0.25) is 0 Å². The van der Waals surface area contributed by atoms with Gasteiger partial charge in [-0.1, -0.05) is 0 Å². The van der Waals surface area contributed by atoms with Crippen LogP contribution in [-0.2, 0) is 9.59 Å². The predicted octanol–water partition coefficient (Wildman–Crippen LogP) is -5.44. The van der Waals surface area contributed by atoms with Crippen LogP contribution in [0.15, 0.2) is 0 Å². The van der Waals surface area contributed by atoms with Crippen LogP contribution in [0, 0.1) is 0 Å². The van der Waals surface area contributed by atoms with Gasteiger partial charge in [-0.15, -0.1) is 0 Å². The Kier molecular flexibility index (Phi) is 22.0. The van der Waals surface area contributed by atoms with Crippen LogP contribution >= 0.6 is 0 Å². The molecule has 0 heterocycles. The Balaban J connectivity index is -0.000000135. The van der Waals surface area contributed by atoms with Crippen molar-refractivity contribution in [2.75, 3.05) is 0 Å². The molecule has 6 N–H and O–H groups in total. The first-order valence-corrected chi connectivity index (χ1v) is 2.70. The maximum absolute atomic E-state index is 9.86. The van der Waals surface area contributed by atoms with Crippen LogP contribution in [-0.4, -0.2) is 74.4 Å². The van der Waals surface area contributed by atoms with Gasteiger partial charge in [-0.2, -0.15) is 0 Å². The number of hydrogen-bond acceptors (Lipinski definition) is 5. The molecule has 0 aliphatic carbocycles. The standard InChI is InChI=1S/C5H9NO4.2H2O.Sr/c6-3(5(9)10)1-2-4(7)8;;;/h3H,1-2,6H2,(H,7,8)(H,9,10);2*1H2;/q;;;+2/p-2/t3-;;;/m0.../s1. The van der Waals surface area contributed by atoms with Crippen LogP contribution in [0.4, 0.5) is 0 Å². The van der Waals surface area contributed by atoms with Crippen LogP contribution < -0.4 is 15.9 Å². The van der Waals surface area contributed by atoms with Gasteiger partial charge in [0.2, 0.25) is 0 Å². The van der Waals surface area contributed by atoms with Crippen molar-refractivity contribution in [3.8, 4) is 0 Å². The van der Waals surface area contributed by atoms with Crippen LogP contribution in [0.5, 0.6) is 0 Å². The normalized spacial score (nSPS) is 9.62. The SMILES string of the molecule is N[C@@H](CCC(=O)[O-])C(=O)[O-].O.O.[Sr+2]. The first-order valence-electron chi connectivity index (χ1n) is 2.70. The smallest absolute Gasteiger partial charge is 0.550 e. The average molecular weight is 269 g/mol. The Labute approximate surface area is 112 Å². The van der Waals surface area contributed by atoms with Crippen molar-refractivity contribution in [3.63, 3.8) is 0 Å². The molecule has 0 bridgehead atoms. The summed E-state index contributed by atoms with van der Waals surface area (Å²) < 4.78 is 0. The molecule has 0 aromatic carbocycles. The van der Waals surface area contributed by atoms with Crippen molar-refractivity contribution >= 4 is 57.4 Å². The van der Waals surface area contributed by atoms with Gasteiger partial charge in [0.05, 0.1) is 5.97 Å². The third-order valence-electron chi connectivity index (χ3n) is 0.962. The van der Waals surface area contributed by atoms with Gasteiger partial charge in [0.15, 0.2) is 0 Å². The summed E-state index contributed by atoms with van der Waals surface area (Å²) in [6.07, 6.45) is -0.500. The summed E-state index contributed by atoms with van der Waals surface area (Å²) >= 11 is 0. The van der Waals surface area contributed by atoms with E-state index in [-0.39, 0.29) is 69.3 Å². The van der Waals surface area contributed by atoms with E-state index < -0.39 is 18.0 Å². The molecule has 74 valence electrons. The first-order chi connectivity index (χ1) is 4.54. The van der Waals surface area contributed by atoms with Gasteiger partial charge >= 0.3 is 45.5 Å². The molecule has 13 heavy (non-hydrogen) atoms. The van der Waals surface area contributed by atoms with Crippen molar-refractivity contribution in [2.45, 2.75) is 18.9 Å². The predicted molar refractivity (Wildman–Crippen MR) is 40.2 cm³/mol. The third kappa shape index (κ3) is 15.1. The molecule has 0 aliphatic heterocycles. The summed E-state index contributed by atoms with van der Waals surface area (Å²) in [6.45, 7) is 0. The van der Waals surface area contributed by atoms with Crippen molar-refractivity contribution in [2.24, 2.45) is 5.73 Å². The Morgan fingerprint density at radius 1 is 1.23 bits per heavy atom. The van der Waals surface area contributed by atoms with Crippen LogP contribution in [0.25, 0.3) is 0 Å². The Hall–Kier alpha value is 0.301. The summed E-state index contributed by atoms with van der Waals surface area (Å²) in [5.41, 5.74) is 4.91. The minimum atomic E-state index is -1.44. The van der Waals surface area contributed by atoms with Crippen LogP contribution in [0.3, 0.4) is 0 Å². The van der Waals surface area contributed by atoms with E-state index in [4.69, 9.17) is 5.73 Å². The van der Waals surface area contributed by atoms with E-state index in [1.807, 2.05) is 0 Å². The van der Waals surface area contributed by atoms with Crippen LogP contribution in [0.2, 0.25) is 0 Å². The monoisotopic (exact) mass is 269 g/mol. The van der Waals surface area contributed by atoms with Gasteiger partial charge in [0.25, 0.3) is 0 Å². The molecule has 0 aliphatic rings. The maximum Gasteiger partial charge on any atom is 2.00 e. The topological polar surface area (TPSA) is 169 Å². The fraction of sp³-hybridized carbons (Fsp3) is 0.600. The number of hydrogen-bond donors (Lipinski definition) is 1. The number of nitrogens with two attached hydrogens (primary N) is 1. The van der Waals surface area contributed by atoms with Gasteiger partial charge < -0.3 is 36.5 Å². The van der Waals surface area contributed by atoms with Gasteiger partial charge in [0.1, 0.15) is 0 Å².